The molecule has 1 aliphatic carbocycles. The minimum Gasteiger partial charge on any atom is -0.352 e. The Morgan fingerprint density at radius 1 is 1.42 bits per heavy atom. The van der Waals surface area contributed by atoms with E-state index in [9.17, 15) is 13.2 Å². The summed E-state index contributed by atoms with van der Waals surface area (Å²) in [6.07, 6.45) is 7.30. The fourth-order valence-electron chi connectivity index (χ4n) is 3.42. The quantitative estimate of drug-likeness (QED) is 0.592. The molecule has 1 saturated heterocycles. The van der Waals surface area contributed by atoms with E-state index in [4.69, 9.17) is 0 Å². The summed E-state index contributed by atoms with van der Waals surface area (Å²) < 4.78 is 24.4. The van der Waals surface area contributed by atoms with Gasteiger partial charge in [0.05, 0.1) is 12.8 Å². The van der Waals surface area contributed by atoms with Crippen molar-refractivity contribution in [2.75, 3.05) is 25.9 Å². The number of hydrogen-bond donors (Lipinski definition) is 3. The van der Waals surface area contributed by atoms with Gasteiger partial charge in [-0.1, -0.05) is 0 Å². The van der Waals surface area contributed by atoms with E-state index in [0.29, 0.717) is 11.8 Å². The van der Waals surface area contributed by atoms with Crippen molar-refractivity contribution in [3.63, 3.8) is 0 Å². The molecule has 0 bridgehead atoms. The highest BCUT2D eigenvalue weighted by atomic mass is 32.2. The average molecular weight is 355 g/mol. The molecule has 3 N–H and O–H groups in total. The maximum atomic E-state index is 12.1. The molecule has 0 spiro atoms. The standard InChI is InChI=1S/C15H25N5O3S/c1-24(22,23)18-5-4-15(21)19-13-9-20(8-12(13)11-2-3-11)10-14-16-6-7-17-14/h6-7,11-13,18H,2-5,8-10H2,1H3,(H,16,17)(H,19,21)/t12-,13+/m1/s1. The third-order valence-corrected chi connectivity index (χ3v) is 5.39. The fourth-order valence-corrected chi connectivity index (χ4v) is 3.90. The van der Waals surface area contributed by atoms with Crippen LogP contribution in [0.25, 0.3) is 0 Å². The molecule has 0 radical (unpaired) electrons. The Bertz CT molecular complexity index is 657. The highest BCUT2D eigenvalue weighted by molar-refractivity contribution is 7.88. The fraction of sp³-hybridized carbons (Fsp3) is 0.733. The lowest BCUT2D eigenvalue weighted by Gasteiger charge is -2.19. The van der Waals surface area contributed by atoms with Gasteiger partial charge in [-0.05, 0) is 24.7 Å². The van der Waals surface area contributed by atoms with Crippen LogP contribution in [0.1, 0.15) is 25.1 Å². The number of aromatic nitrogens is 2. The zero-order valence-corrected chi connectivity index (χ0v) is 14.7. The second kappa shape index (κ2) is 7.20. The molecule has 1 amide bonds. The van der Waals surface area contributed by atoms with Crippen molar-refractivity contribution in [2.45, 2.75) is 31.8 Å². The van der Waals surface area contributed by atoms with Gasteiger partial charge in [0.1, 0.15) is 5.82 Å². The molecule has 9 heteroatoms. The predicted molar refractivity (Wildman–Crippen MR) is 89.5 cm³/mol. The van der Waals surface area contributed by atoms with Crippen molar-refractivity contribution >= 4 is 15.9 Å². The zero-order chi connectivity index (χ0) is 17.2. The summed E-state index contributed by atoms with van der Waals surface area (Å²) >= 11 is 0. The minimum atomic E-state index is -3.25. The van der Waals surface area contributed by atoms with Gasteiger partial charge in [-0.25, -0.2) is 18.1 Å². The largest absolute Gasteiger partial charge is 0.352 e. The van der Waals surface area contributed by atoms with E-state index in [1.165, 1.54) is 12.8 Å². The first-order valence-corrected chi connectivity index (χ1v) is 10.2. The number of rotatable bonds is 8. The van der Waals surface area contributed by atoms with Crippen LogP contribution in [0, 0.1) is 11.8 Å². The van der Waals surface area contributed by atoms with E-state index in [1.807, 2.05) is 6.20 Å². The number of likely N-dealkylation sites (tertiary alicyclic amines) is 1. The van der Waals surface area contributed by atoms with Crippen LogP contribution in [-0.2, 0) is 21.4 Å². The Morgan fingerprint density at radius 3 is 2.83 bits per heavy atom. The molecule has 1 aromatic heterocycles. The van der Waals surface area contributed by atoms with Crippen LogP contribution in [0.4, 0.5) is 0 Å². The summed E-state index contributed by atoms with van der Waals surface area (Å²) in [6.45, 7) is 2.69. The van der Waals surface area contributed by atoms with E-state index < -0.39 is 10.0 Å². The Balaban J connectivity index is 1.50. The molecule has 2 fully saturated rings. The number of H-pyrrole nitrogens is 1. The second-order valence-corrected chi connectivity index (χ2v) is 8.65. The summed E-state index contributed by atoms with van der Waals surface area (Å²) in [4.78, 5) is 21.8. The molecule has 3 rings (SSSR count). The lowest BCUT2D eigenvalue weighted by molar-refractivity contribution is -0.121. The molecule has 24 heavy (non-hydrogen) atoms. The van der Waals surface area contributed by atoms with E-state index >= 15 is 0 Å². The summed E-state index contributed by atoms with van der Waals surface area (Å²) in [5.41, 5.74) is 0. The van der Waals surface area contributed by atoms with Gasteiger partial charge in [-0.15, -0.1) is 0 Å². The monoisotopic (exact) mass is 355 g/mol. The summed E-state index contributed by atoms with van der Waals surface area (Å²) in [5.74, 6) is 2.02. The lowest BCUT2D eigenvalue weighted by Crippen LogP contribution is -2.42. The number of carbonyl (C=O) groups is 1. The van der Waals surface area contributed by atoms with E-state index in [-0.39, 0.29) is 24.9 Å². The normalized spacial score (nSPS) is 25.0. The summed E-state index contributed by atoms with van der Waals surface area (Å²) in [5, 5.41) is 3.10. The van der Waals surface area contributed by atoms with Gasteiger partial charge in [0, 0.05) is 44.5 Å². The predicted octanol–water partition coefficient (Wildman–Crippen LogP) is -0.324. The molecule has 1 aliphatic heterocycles. The third-order valence-electron chi connectivity index (χ3n) is 4.66. The minimum absolute atomic E-state index is 0.0957. The van der Waals surface area contributed by atoms with E-state index in [2.05, 4.69) is 24.9 Å². The summed E-state index contributed by atoms with van der Waals surface area (Å²) in [7, 11) is -3.25. The molecule has 0 aromatic carbocycles. The maximum Gasteiger partial charge on any atom is 0.221 e. The van der Waals surface area contributed by atoms with Gasteiger partial charge in [0.15, 0.2) is 0 Å². The second-order valence-electron chi connectivity index (χ2n) is 6.82. The van der Waals surface area contributed by atoms with E-state index in [0.717, 1.165) is 31.7 Å². The van der Waals surface area contributed by atoms with Gasteiger partial charge in [0.2, 0.25) is 15.9 Å². The maximum absolute atomic E-state index is 12.1. The molecular weight excluding hydrogens is 330 g/mol. The number of nitrogens with zero attached hydrogens (tertiary/aromatic N) is 2. The molecule has 134 valence electrons. The molecule has 2 heterocycles. The van der Waals surface area contributed by atoms with Crippen molar-refractivity contribution in [3.8, 4) is 0 Å². The number of amides is 1. The molecule has 2 aliphatic rings. The van der Waals surface area contributed by atoms with Gasteiger partial charge >= 0.3 is 0 Å². The highest BCUT2D eigenvalue weighted by Gasteiger charge is 2.42. The first-order valence-electron chi connectivity index (χ1n) is 8.35. The SMILES string of the molecule is CS(=O)(=O)NCCC(=O)N[C@H]1CN(Cc2ncc[nH]2)C[C@@H]1C1CC1. The van der Waals surface area contributed by atoms with Crippen molar-refractivity contribution < 1.29 is 13.2 Å². The zero-order valence-electron chi connectivity index (χ0n) is 13.9. The molecule has 2 atom stereocenters. The average Bonchev–Trinajstić information content (AvgIpc) is 3.06. The van der Waals surface area contributed by atoms with Gasteiger partial charge in [-0.2, -0.15) is 0 Å². The van der Waals surface area contributed by atoms with Crippen molar-refractivity contribution in [1.29, 1.82) is 0 Å². The van der Waals surface area contributed by atoms with Crippen LogP contribution >= 0.6 is 0 Å². The topological polar surface area (TPSA) is 107 Å². The third kappa shape index (κ3) is 5.02. The van der Waals surface area contributed by atoms with Crippen molar-refractivity contribution in [1.82, 2.24) is 24.9 Å². The highest BCUT2D eigenvalue weighted by Crippen LogP contribution is 2.41. The van der Waals surface area contributed by atoms with Crippen LogP contribution < -0.4 is 10.0 Å². The van der Waals surface area contributed by atoms with Crippen LogP contribution in [0.2, 0.25) is 0 Å². The smallest absolute Gasteiger partial charge is 0.221 e. The lowest BCUT2D eigenvalue weighted by atomic mass is 9.98. The molecule has 1 aromatic rings. The Kier molecular flexibility index (Phi) is 5.21. The first kappa shape index (κ1) is 17.4. The van der Waals surface area contributed by atoms with Crippen molar-refractivity contribution in [2.24, 2.45) is 11.8 Å². The van der Waals surface area contributed by atoms with Gasteiger partial charge < -0.3 is 10.3 Å². The van der Waals surface area contributed by atoms with E-state index in [1.54, 1.807) is 6.20 Å². The Morgan fingerprint density at radius 2 is 2.21 bits per heavy atom. The molecule has 8 nitrogen and oxygen atoms in total. The summed E-state index contributed by atoms with van der Waals surface area (Å²) in [6, 6.07) is 0.137. The van der Waals surface area contributed by atoms with Crippen molar-refractivity contribution in [3.05, 3.63) is 18.2 Å². The van der Waals surface area contributed by atoms with Crippen LogP contribution in [0.15, 0.2) is 12.4 Å². The molecular formula is C15H25N5O3S. The number of aromatic amines is 1. The Labute approximate surface area is 142 Å². The van der Waals surface area contributed by atoms with Gasteiger partial charge in [0.25, 0.3) is 0 Å². The number of imidazole rings is 1. The molecule has 1 saturated carbocycles. The van der Waals surface area contributed by atoms with Gasteiger partial charge in [-0.3, -0.25) is 9.69 Å². The van der Waals surface area contributed by atoms with Crippen LogP contribution in [0.5, 0.6) is 0 Å². The number of carbonyl (C=O) groups excluding carboxylic acids is 1. The Hall–Kier alpha value is -1.45. The molecule has 0 unspecified atom stereocenters. The van der Waals surface area contributed by atoms with Crippen LogP contribution in [-0.4, -0.2) is 61.1 Å². The number of hydrogen-bond acceptors (Lipinski definition) is 5. The first-order chi connectivity index (χ1) is 11.4. The number of nitrogens with one attached hydrogen (secondary N) is 3. The number of sulfonamides is 1. The van der Waals surface area contributed by atoms with Crippen LogP contribution in [0.3, 0.4) is 0 Å².